The first-order valence-corrected chi connectivity index (χ1v) is 7.16. The van der Waals surface area contributed by atoms with Gasteiger partial charge >= 0.3 is 0 Å². The first-order chi connectivity index (χ1) is 10.9. The van der Waals surface area contributed by atoms with Gasteiger partial charge in [-0.1, -0.05) is 19.1 Å². The molecule has 0 fully saturated rings. The zero-order valence-electron chi connectivity index (χ0n) is 12.7. The Hall–Kier alpha value is -2.80. The Bertz CT molecular complexity index is 698. The lowest BCUT2D eigenvalue weighted by Crippen LogP contribution is -2.27. The molecule has 7 heteroatoms. The molecule has 0 spiro atoms. The highest BCUT2D eigenvalue weighted by Crippen LogP contribution is 2.24. The molecule has 1 unspecified atom stereocenters. The van der Waals surface area contributed by atoms with E-state index >= 15 is 0 Å². The number of hydrogen-bond donors (Lipinski definition) is 2. The molecule has 1 atom stereocenters. The van der Waals surface area contributed by atoms with E-state index in [0.717, 1.165) is 5.56 Å². The van der Waals surface area contributed by atoms with Gasteiger partial charge in [-0.2, -0.15) is 10.2 Å². The summed E-state index contributed by atoms with van der Waals surface area (Å²) in [5.74, 6) is 0. The number of azo groups is 1. The van der Waals surface area contributed by atoms with Crippen molar-refractivity contribution in [2.45, 2.75) is 25.5 Å². The molecule has 0 aliphatic heterocycles. The molecule has 23 heavy (non-hydrogen) atoms. The minimum Gasteiger partial charge on any atom is -0.399 e. The molecule has 0 radical (unpaired) electrons. The maximum Gasteiger partial charge on any atom is 0.269 e. The second-order valence-electron chi connectivity index (χ2n) is 5.23. The quantitative estimate of drug-likeness (QED) is 0.367. The van der Waals surface area contributed by atoms with E-state index in [4.69, 9.17) is 5.73 Å². The van der Waals surface area contributed by atoms with Crippen molar-refractivity contribution in [2.75, 3.05) is 5.73 Å². The van der Waals surface area contributed by atoms with Crippen LogP contribution in [-0.2, 0) is 6.42 Å². The Morgan fingerprint density at radius 1 is 1.17 bits per heavy atom. The molecule has 0 aliphatic carbocycles. The second kappa shape index (κ2) is 6.97. The molecule has 0 aliphatic rings. The maximum atomic E-state index is 10.6. The standard InChI is InChI=1S/C16H18N4O3/c1-2-16(21,11-12-3-5-13(17)6-4-12)19-18-14-7-9-15(10-8-14)20(22)23/h3-10,21H,2,11,17H2,1H3. The Morgan fingerprint density at radius 3 is 2.30 bits per heavy atom. The number of rotatable bonds is 6. The summed E-state index contributed by atoms with van der Waals surface area (Å²) in [6.07, 6.45) is 0.689. The highest BCUT2D eigenvalue weighted by Gasteiger charge is 2.24. The van der Waals surface area contributed by atoms with Gasteiger partial charge in [-0.25, -0.2) is 0 Å². The van der Waals surface area contributed by atoms with Crippen molar-refractivity contribution in [2.24, 2.45) is 10.2 Å². The average Bonchev–Trinajstić information content (AvgIpc) is 2.55. The van der Waals surface area contributed by atoms with Gasteiger partial charge in [0, 0.05) is 24.2 Å². The molecular weight excluding hydrogens is 296 g/mol. The zero-order valence-corrected chi connectivity index (χ0v) is 12.7. The highest BCUT2D eigenvalue weighted by atomic mass is 16.6. The van der Waals surface area contributed by atoms with Crippen molar-refractivity contribution >= 4 is 17.1 Å². The van der Waals surface area contributed by atoms with Crippen LogP contribution in [0.2, 0.25) is 0 Å². The molecule has 0 amide bonds. The van der Waals surface area contributed by atoms with Crippen LogP contribution < -0.4 is 5.73 Å². The van der Waals surface area contributed by atoms with E-state index in [2.05, 4.69) is 10.2 Å². The van der Waals surface area contributed by atoms with Gasteiger partial charge < -0.3 is 10.8 Å². The molecule has 0 aromatic heterocycles. The number of non-ortho nitro benzene ring substituents is 1. The lowest BCUT2D eigenvalue weighted by Gasteiger charge is -2.20. The van der Waals surface area contributed by atoms with Gasteiger partial charge in [-0.3, -0.25) is 10.1 Å². The van der Waals surface area contributed by atoms with Crippen molar-refractivity contribution in [1.29, 1.82) is 0 Å². The molecule has 7 nitrogen and oxygen atoms in total. The van der Waals surface area contributed by atoms with Crippen LogP contribution in [0.3, 0.4) is 0 Å². The van der Waals surface area contributed by atoms with Gasteiger partial charge in [-0.15, -0.1) is 0 Å². The Balaban J connectivity index is 2.12. The van der Waals surface area contributed by atoms with Crippen LogP contribution in [0.1, 0.15) is 18.9 Å². The van der Waals surface area contributed by atoms with Gasteiger partial charge in [0.15, 0.2) is 5.72 Å². The molecule has 0 heterocycles. The highest BCUT2D eigenvalue weighted by molar-refractivity contribution is 5.43. The van der Waals surface area contributed by atoms with Gasteiger partial charge in [0.05, 0.1) is 10.6 Å². The number of nitro groups is 1. The van der Waals surface area contributed by atoms with Crippen molar-refractivity contribution in [1.82, 2.24) is 0 Å². The normalized spacial score (nSPS) is 13.8. The number of nitrogen functional groups attached to an aromatic ring is 1. The molecule has 0 saturated carbocycles. The fourth-order valence-electron chi connectivity index (χ4n) is 1.99. The van der Waals surface area contributed by atoms with Crippen LogP contribution in [0.25, 0.3) is 0 Å². The van der Waals surface area contributed by atoms with Crippen LogP contribution in [0.4, 0.5) is 17.1 Å². The molecule has 3 N–H and O–H groups in total. The Morgan fingerprint density at radius 2 is 1.78 bits per heavy atom. The Kier molecular flexibility index (Phi) is 5.02. The zero-order chi connectivity index (χ0) is 16.9. The van der Waals surface area contributed by atoms with Gasteiger partial charge in [0.2, 0.25) is 0 Å². The fraction of sp³-hybridized carbons (Fsp3) is 0.250. The van der Waals surface area contributed by atoms with Crippen LogP contribution in [-0.4, -0.2) is 15.8 Å². The second-order valence-corrected chi connectivity index (χ2v) is 5.23. The minimum absolute atomic E-state index is 0.0171. The van der Waals surface area contributed by atoms with Gasteiger partial charge in [-0.05, 0) is 36.2 Å². The largest absolute Gasteiger partial charge is 0.399 e. The van der Waals surface area contributed by atoms with E-state index in [0.29, 0.717) is 24.2 Å². The lowest BCUT2D eigenvalue weighted by atomic mass is 10.0. The molecule has 0 bridgehead atoms. The summed E-state index contributed by atoms with van der Waals surface area (Å²) >= 11 is 0. The van der Waals surface area contributed by atoms with E-state index in [1.54, 1.807) is 12.1 Å². The van der Waals surface area contributed by atoms with Crippen molar-refractivity contribution in [3.05, 3.63) is 64.2 Å². The summed E-state index contributed by atoms with van der Waals surface area (Å²) in [5, 5.41) is 29.2. The number of aliphatic hydroxyl groups is 1. The minimum atomic E-state index is -1.34. The molecule has 120 valence electrons. The first kappa shape index (κ1) is 16.6. The third kappa shape index (κ3) is 4.58. The molecule has 2 rings (SSSR count). The van der Waals surface area contributed by atoms with Crippen molar-refractivity contribution in [3.63, 3.8) is 0 Å². The SMILES string of the molecule is CCC(O)(Cc1ccc(N)cc1)N=Nc1ccc([N+](=O)[O-])cc1. The fourth-order valence-corrected chi connectivity index (χ4v) is 1.99. The number of benzene rings is 2. The van der Waals surface area contributed by atoms with E-state index in [1.165, 1.54) is 24.3 Å². The summed E-state index contributed by atoms with van der Waals surface area (Å²) in [5.41, 5.74) is 6.28. The number of nitro benzene ring substituents is 1. The van der Waals surface area contributed by atoms with Crippen molar-refractivity contribution in [3.8, 4) is 0 Å². The topological polar surface area (TPSA) is 114 Å². The molecule has 2 aromatic carbocycles. The monoisotopic (exact) mass is 314 g/mol. The van der Waals surface area contributed by atoms with Crippen molar-refractivity contribution < 1.29 is 10.0 Å². The van der Waals surface area contributed by atoms with E-state index < -0.39 is 10.6 Å². The third-order valence-electron chi connectivity index (χ3n) is 3.45. The van der Waals surface area contributed by atoms with Gasteiger partial charge in [0.1, 0.15) is 0 Å². The number of nitrogens with zero attached hydrogens (tertiary/aromatic N) is 3. The van der Waals surface area contributed by atoms with Crippen LogP contribution in [0.15, 0.2) is 58.8 Å². The third-order valence-corrected chi connectivity index (χ3v) is 3.45. The van der Waals surface area contributed by atoms with Crippen LogP contribution in [0.5, 0.6) is 0 Å². The summed E-state index contributed by atoms with van der Waals surface area (Å²) in [6, 6.07) is 12.9. The predicted octanol–water partition coefficient (Wildman–Crippen LogP) is 3.60. The van der Waals surface area contributed by atoms with E-state index in [1.807, 2.05) is 19.1 Å². The van der Waals surface area contributed by atoms with Gasteiger partial charge in [0.25, 0.3) is 5.69 Å². The summed E-state index contributed by atoms with van der Waals surface area (Å²) in [7, 11) is 0. The maximum absolute atomic E-state index is 10.6. The lowest BCUT2D eigenvalue weighted by molar-refractivity contribution is -0.384. The number of hydrogen-bond acceptors (Lipinski definition) is 6. The summed E-state index contributed by atoms with van der Waals surface area (Å²) < 4.78 is 0. The number of nitrogens with two attached hydrogens (primary N) is 1. The number of anilines is 1. The molecule has 0 saturated heterocycles. The molecular formula is C16H18N4O3. The first-order valence-electron chi connectivity index (χ1n) is 7.16. The van der Waals surface area contributed by atoms with Crippen LogP contribution in [0, 0.1) is 10.1 Å². The summed E-state index contributed by atoms with van der Waals surface area (Å²) in [6.45, 7) is 1.81. The Labute approximate surface area is 133 Å². The smallest absolute Gasteiger partial charge is 0.269 e. The summed E-state index contributed by atoms with van der Waals surface area (Å²) in [4.78, 5) is 10.1. The molecule has 2 aromatic rings. The van der Waals surface area contributed by atoms with E-state index in [-0.39, 0.29) is 5.69 Å². The van der Waals surface area contributed by atoms with Crippen LogP contribution >= 0.6 is 0 Å². The van der Waals surface area contributed by atoms with E-state index in [9.17, 15) is 15.2 Å². The average molecular weight is 314 g/mol. The predicted molar refractivity (Wildman–Crippen MR) is 87.4 cm³/mol.